The minimum absolute atomic E-state index is 0.146. The van der Waals surface area contributed by atoms with Gasteiger partial charge in [0.15, 0.2) is 0 Å². The Labute approximate surface area is 85.1 Å². The first-order chi connectivity index (χ1) is 6.70. The molecule has 1 aliphatic rings. The SMILES string of the molecule is C[C@H](O)CCNC(=O)C1CCNCC1. The molecule has 1 atom stereocenters. The van der Waals surface area contributed by atoms with Gasteiger partial charge in [-0.25, -0.2) is 0 Å². The molecule has 1 rings (SSSR count). The number of rotatable bonds is 4. The number of nitrogens with one attached hydrogen (secondary N) is 2. The maximum Gasteiger partial charge on any atom is 0.223 e. The normalized spacial score (nSPS) is 20.4. The second kappa shape index (κ2) is 5.98. The lowest BCUT2D eigenvalue weighted by molar-refractivity contribution is -0.125. The molecule has 0 spiro atoms. The van der Waals surface area contributed by atoms with Crippen LogP contribution in [0.1, 0.15) is 26.2 Å². The summed E-state index contributed by atoms with van der Waals surface area (Å²) in [7, 11) is 0. The van der Waals surface area contributed by atoms with Crippen molar-refractivity contribution < 1.29 is 9.90 Å². The standard InChI is InChI=1S/C10H20N2O2/c1-8(13)2-7-12-10(14)9-3-5-11-6-4-9/h8-9,11,13H,2-7H2,1H3,(H,12,14)/t8-/m0/s1. The zero-order chi connectivity index (χ0) is 10.4. The molecule has 3 N–H and O–H groups in total. The van der Waals surface area contributed by atoms with Gasteiger partial charge in [-0.05, 0) is 39.3 Å². The first-order valence-corrected chi connectivity index (χ1v) is 5.36. The third-order valence-corrected chi connectivity index (χ3v) is 2.57. The van der Waals surface area contributed by atoms with Crippen LogP contribution in [0.15, 0.2) is 0 Å². The molecule has 0 aliphatic carbocycles. The van der Waals surface area contributed by atoms with Crippen LogP contribution in [0, 0.1) is 5.92 Å². The molecule has 1 amide bonds. The van der Waals surface area contributed by atoms with Gasteiger partial charge in [0, 0.05) is 12.5 Å². The van der Waals surface area contributed by atoms with Crippen LogP contribution in [0.3, 0.4) is 0 Å². The van der Waals surface area contributed by atoms with Gasteiger partial charge in [0.25, 0.3) is 0 Å². The molecule has 0 aromatic carbocycles. The number of amides is 1. The van der Waals surface area contributed by atoms with Crippen molar-refractivity contribution in [2.75, 3.05) is 19.6 Å². The fraction of sp³-hybridized carbons (Fsp3) is 0.900. The molecular formula is C10H20N2O2. The van der Waals surface area contributed by atoms with Crippen LogP contribution in [0.25, 0.3) is 0 Å². The molecule has 4 heteroatoms. The summed E-state index contributed by atoms with van der Waals surface area (Å²) in [6.45, 7) is 4.19. The van der Waals surface area contributed by atoms with Crippen LogP contribution in [0.4, 0.5) is 0 Å². The van der Waals surface area contributed by atoms with E-state index in [1.807, 2.05) is 0 Å². The minimum atomic E-state index is -0.330. The lowest BCUT2D eigenvalue weighted by Crippen LogP contribution is -2.38. The van der Waals surface area contributed by atoms with Gasteiger partial charge in [-0.1, -0.05) is 0 Å². The van der Waals surface area contributed by atoms with E-state index in [0.29, 0.717) is 13.0 Å². The molecule has 0 radical (unpaired) electrons. The van der Waals surface area contributed by atoms with Gasteiger partial charge in [-0.2, -0.15) is 0 Å². The molecule has 0 saturated carbocycles. The Bertz CT molecular complexity index is 177. The molecule has 1 saturated heterocycles. The van der Waals surface area contributed by atoms with E-state index in [1.165, 1.54) is 0 Å². The Kier molecular flexibility index (Phi) is 4.90. The summed E-state index contributed by atoms with van der Waals surface area (Å²) in [4.78, 5) is 11.6. The predicted molar refractivity (Wildman–Crippen MR) is 54.9 cm³/mol. The first-order valence-electron chi connectivity index (χ1n) is 5.36. The van der Waals surface area contributed by atoms with E-state index < -0.39 is 0 Å². The Morgan fingerprint density at radius 2 is 2.21 bits per heavy atom. The molecule has 4 nitrogen and oxygen atoms in total. The lowest BCUT2D eigenvalue weighted by Gasteiger charge is -2.21. The first kappa shape index (κ1) is 11.5. The molecule has 0 bridgehead atoms. The highest BCUT2D eigenvalue weighted by atomic mass is 16.3. The maximum atomic E-state index is 11.6. The highest BCUT2D eigenvalue weighted by molar-refractivity contribution is 5.78. The summed E-state index contributed by atoms with van der Waals surface area (Å²) in [5.74, 6) is 0.317. The zero-order valence-corrected chi connectivity index (χ0v) is 8.75. The molecule has 14 heavy (non-hydrogen) atoms. The molecule has 1 aliphatic heterocycles. The quantitative estimate of drug-likeness (QED) is 0.592. The van der Waals surface area contributed by atoms with Crippen LogP contribution in [-0.4, -0.2) is 36.8 Å². The summed E-state index contributed by atoms with van der Waals surface area (Å²) in [5, 5.41) is 15.1. The van der Waals surface area contributed by atoms with Gasteiger partial charge in [-0.15, -0.1) is 0 Å². The van der Waals surface area contributed by atoms with E-state index in [0.717, 1.165) is 25.9 Å². The molecule has 0 aromatic rings. The fourth-order valence-corrected chi connectivity index (χ4v) is 1.63. The van der Waals surface area contributed by atoms with Crippen LogP contribution in [0.2, 0.25) is 0 Å². The average Bonchev–Trinajstić information content (AvgIpc) is 2.18. The minimum Gasteiger partial charge on any atom is -0.393 e. The van der Waals surface area contributed by atoms with Crippen molar-refractivity contribution in [1.29, 1.82) is 0 Å². The van der Waals surface area contributed by atoms with Crippen LogP contribution >= 0.6 is 0 Å². The zero-order valence-electron chi connectivity index (χ0n) is 8.75. The van der Waals surface area contributed by atoms with Gasteiger partial charge in [0.1, 0.15) is 0 Å². The number of carbonyl (C=O) groups is 1. The van der Waals surface area contributed by atoms with Crippen molar-refractivity contribution in [3.05, 3.63) is 0 Å². The highest BCUT2D eigenvalue weighted by Gasteiger charge is 2.20. The summed E-state index contributed by atoms with van der Waals surface area (Å²) in [5.41, 5.74) is 0. The third kappa shape index (κ3) is 4.07. The third-order valence-electron chi connectivity index (χ3n) is 2.57. The smallest absolute Gasteiger partial charge is 0.223 e. The fourth-order valence-electron chi connectivity index (χ4n) is 1.63. The number of aliphatic hydroxyl groups excluding tert-OH is 1. The summed E-state index contributed by atoms with van der Waals surface area (Å²) in [6, 6.07) is 0. The maximum absolute atomic E-state index is 11.6. The second-order valence-corrected chi connectivity index (χ2v) is 3.95. The van der Waals surface area contributed by atoms with Crippen molar-refractivity contribution in [2.45, 2.75) is 32.3 Å². The molecule has 0 aromatic heterocycles. The monoisotopic (exact) mass is 200 g/mol. The number of piperidine rings is 1. The van der Waals surface area contributed by atoms with Crippen LogP contribution in [0.5, 0.6) is 0 Å². The number of carbonyl (C=O) groups excluding carboxylic acids is 1. The van der Waals surface area contributed by atoms with E-state index in [1.54, 1.807) is 6.92 Å². The van der Waals surface area contributed by atoms with Crippen LogP contribution in [-0.2, 0) is 4.79 Å². The van der Waals surface area contributed by atoms with Gasteiger partial charge in [0.2, 0.25) is 5.91 Å². The summed E-state index contributed by atoms with van der Waals surface area (Å²) >= 11 is 0. The van der Waals surface area contributed by atoms with Crippen molar-refractivity contribution in [3.8, 4) is 0 Å². The number of hydrogen-bond acceptors (Lipinski definition) is 3. The van der Waals surface area contributed by atoms with Crippen molar-refractivity contribution in [2.24, 2.45) is 5.92 Å². The Balaban J connectivity index is 2.13. The van der Waals surface area contributed by atoms with Crippen molar-refractivity contribution >= 4 is 5.91 Å². The van der Waals surface area contributed by atoms with Crippen molar-refractivity contribution in [1.82, 2.24) is 10.6 Å². The molecule has 82 valence electrons. The number of hydrogen-bond donors (Lipinski definition) is 3. The number of aliphatic hydroxyl groups is 1. The van der Waals surface area contributed by atoms with E-state index in [4.69, 9.17) is 5.11 Å². The Morgan fingerprint density at radius 3 is 2.79 bits per heavy atom. The average molecular weight is 200 g/mol. The highest BCUT2D eigenvalue weighted by Crippen LogP contribution is 2.11. The molecule has 1 heterocycles. The van der Waals surface area contributed by atoms with E-state index >= 15 is 0 Å². The van der Waals surface area contributed by atoms with Gasteiger partial charge in [-0.3, -0.25) is 4.79 Å². The summed E-state index contributed by atoms with van der Waals surface area (Å²) in [6.07, 6.45) is 2.17. The summed E-state index contributed by atoms with van der Waals surface area (Å²) < 4.78 is 0. The molecular weight excluding hydrogens is 180 g/mol. The largest absolute Gasteiger partial charge is 0.393 e. The van der Waals surface area contributed by atoms with E-state index in [9.17, 15) is 4.79 Å². The van der Waals surface area contributed by atoms with Crippen LogP contribution < -0.4 is 10.6 Å². The van der Waals surface area contributed by atoms with Gasteiger partial charge < -0.3 is 15.7 Å². The second-order valence-electron chi connectivity index (χ2n) is 3.95. The van der Waals surface area contributed by atoms with Gasteiger partial charge in [0.05, 0.1) is 6.10 Å². The lowest BCUT2D eigenvalue weighted by atomic mass is 9.97. The Morgan fingerprint density at radius 1 is 1.57 bits per heavy atom. The molecule has 0 unspecified atom stereocenters. The van der Waals surface area contributed by atoms with Gasteiger partial charge >= 0.3 is 0 Å². The van der Waals surface area contributed by atoms with E-state index in [2.05, 4.69) is 10.6 Å². The molecule has 1 fully saturated rings. The van der Waals surface area contributed by atoms with Crippen molar-refractivity contribution in [3.63, 3.8) is 0 Å². The predicted octanol–water partition coefficient (Wildman–Crippen LogP) is -0.127. The topological polar surface area (TPSA) is 61.4 Å². The Hall–Kier alpha value is -0.610. The van der Waals surface area contributed by atoms with E-state index in [-0.39, 0.29) is 17.9 Å².